The Morgan fingerprint density at radius 1 is 0.926 bits per heavy atom. The van der Waals surface area contributed by atoms with Crippen LogP contribution in [0.4, 0.5) is 18.0 Å². The van der Waals surface area contributed by atoms with Crippen LogP contribution in [-0.4, -0.2) is 83.3 Å². The van der Waals surface area contributed by atoms with Gasteiger partial charge < -0.3 is 14.9 Å². The maximum Gasteiger partial charge on any atom is 0.407 e. The maximum absolute atomic E-state index is 12.8. The lowest BCUT2D eigenvalue weighted by Crippen LogP contribution is -2.50. The van der Waals surface area contributed by atoms with Crippen molar-refractivity contribution in [3.63, 3.8) is 0 Å². The number of hydrogen-bond donors (Lipinski definition) is 1. The zero-order valence-electron chi connectivity index (χ0n) is 15.5. The van der Waals surface area contributed by atoms with E-state index in [2.05, 4.69) is 4.90 Å². The summed E-state index contributed by atoms with van der Waals surface area (Å²) >= 11 is 0. The van der Waals surface area contributed by atoms with Gasteiger partial charge in [0.1, 0.15) is 6.04 Å². The molecule has 27 heavy (non-hydrogen) atoms. The van der Waals surface area contributed by atoms with E-state index in [0.29, 0.717) is 51.5 Å². The highest BCUT2D eigenvalue weighted by molar-refractivity contribution is 5.86. The van der Waals surface area contributed by atoms with Gasteiger partial charge in [0.2, 0.25) is 5.91 Å². The largest absolute Gasteiger partial charge is 0.465 e. The second kappa shape index (κ2) is 8.24. The SMILES string of the molecule is O=C(C1CCCN1C(=O)O)N1CCC(CN2CCC(C(F)(F)F)CC2)CC1. The van der Waals surface area contributed by atoms with Crippen LogP contribution in [0.1, 0.15) is 38.5 Å². The number of amides is 2. The van der Waals surface area contributed by atoms with Crippen LogP contribution < -0.4 is 0 Å². The molecular formula is C18H28F3N3O3. The van der Waals surface area contributed by atoms with Gasteiger partial charge in [0.25, 0.3) is 0 Å². The van der Waals surface area contributed by atoms with Crippen molar-refractivity contribution in [2.24, 2.45) is 11.8 Å². The van der Waals surface area contributed by atoms with Crippen molar-refractivity contribution in [1.29, 1.82) is 0 Å². The summed E-state index contributed by atoms with van der Waals surface area (Å²) < 4.78 is 38.3. The molecule has 1 N–H and O–H groups in total. The number of likely N-dealkylation sites (tertiary alicyclic amines) is 3. The Morgan fingerprint density at radius 2 is 1.56 bits per heavy atom. The number of hydrogen-bond acceptors (Lipinski definition) is 3. The Balaban J connectivity index is 1.42. The van der Waals surface area contributed by atoms with Crippen molar-refractivity contribution >= 4 is 12.0 Å². The number of alkyl halides is 3. The number of halogens is 3. The molecule has 3 saturated heterocycles. The molecule has 2 amide bonds. The van der Waals surface area contributed by atoms with Crippen LogP contribution in [-0.2, 0) is 4.79 Å². The first-order valence-electron chi connectivity index (χ1n) is 9.83. The molecule has 3 aliphatic rings. The predicted octanol–water partition coefficient (Wildman–Crippen LogP) is 2.64. The fourth-order valence-corrected chi connectivity index (χ4v) is 4.61. The average molecular weight is 391 g/mol. The predicted molar refractivity (Wildman–Crippen MR) is 92.3 cm³/mol. The molecule has 3 fully saturated rings. The third-order valence-electron chi connectivity index (χ3n) is 6.28. The standard InChI is InChI=1S/C18H28F3N3O3/c19-18(20,21)14-5-8-22(9-6-14)12-13-3-10-23(11-4-13)16(25)15-2-1-7-24(15)17(26)27/h13-15H,1-12H2,(H,26,27). The van der Waals surface area contributed by atoms with E-state index < -0.39 is 24.2 Å². The summed E-state index contributed by atoms with van der Waals surface area (Å²) in [6.07, 6.45) is -1.83. The molecule has 6 nitrogen and oxygen atoms in total. The number of piperidine rings is 2. The molecule has 0 radical (unpaired) electrons. The van der Waals surface area contributed by atoms with E-state index in [1.165, 1.54) is 4.90 Å². The fourth-order valence-electron chi connectivity index (χ4n) is 4.61. The molecule has 0 aromatic heterocycles. The quantitative estimate of drug-likeness (QED) is 0.803. The summed E-state index contributed by atoms with van der Waals surface area (Å²) in [5.41, 5.74) is 0. The lowest BCUT2D eigenvalue weighted by atomic mass is 9.92. The third-order valence-corrected chi connectivity index (χ3v) is 6.28. The third kappa shape index (κ3) is 4.86. The fraction of sp³-hybridized carbons (Fsp3) is 0.889. The van der Waals surface area contributed by atoms with Gasteiger partial charge in [-0.25, -0.2) is 4.79 Å². The molecule has 1 atom stereocenters. The Morgan fingerprint density at radius 3 is 2.11 bits per heavy atom. The van der Waals surface area contributed by atoms with E-state index in [1.54, 1.807) is 4.90 Å². The lowest BCUT2D eigenvalue weighted by Gasteiger charge is -2.39. The first kappa shape index (κ1) is 20.2. The molecule has 3 aliphatic heterocycles. The molecule has 0 saturated carbocycles. The van der Waals surface area contributed by atoms with Crippen LogP contribution in [0.3, 0.4) is 0 Å². The Bertz CT molecular complexity index is 542. The van der Waals surface area contributed by atoms with Gasteiger partial charge in [-0.15, -0.1) is 0 Å². The molecule has 3 heterocycles. The average Bonchev–Trinajstić information content (AvgIpc) is 3.11. The normalized spacial score (nSPS) is 26.6. The number of carbonyl (C=O) groups is 2. The summed E-state index contributed by atoms with van der Waals surface area (Å²) in [4.78, 5) is 29.0. The summed E-state index contributed by atoms with van der Waals surface area (Å²) in [7, 11) is 0. The van der Waals surface area contributed by atoms with Gasteiger partial charge in [0.15, 0.2) is 0 Å². The highest BCUT2D eigenvalue weighted by Gasteiger charge is 2.41. The number of carbonyl (C=O) groups excluding carboxylic acids is 1. The minimum Gasteiger partial charge on any atom is -0.465 e. The molecule has 0 aliphatic carbocycles. The Labute approximate surface area is 157 Å². The topological polar surface area (TPSA) is 64.1 Å². The van der Waals surface area contributed by atoms with Crippen molar-refractivity contribution in [1.82, 2.24) is 14.7 Å². The van der Waals surface area contributed by atoms with E-state index in [4.69, 9.17) is 0 Å². The number of rotatable bonds is 3. The molecule has 3 rings (SSSR count). The van der Waals surface area contributed by atoms with Crippen LogP contribution in [0.25, 0.3) is 0 Å². The van der Waals surface area contributed by atoms with E-state index in [1.807, 2.05) is 0 Å². The van der Waals surface area contributed by atoms with E-state index >= 15 is 0 Å². The smallest absolute Gasteiger partial charge is 0.407 e. The van der Waals surface area contributed by atoms with Gasteiger partial charge in [-0.1, -0.05) is 0 Å². The molecule has 0 aromatic rings. The van der Waals surface area contributed by atoms with E-state index in [-0.39, 0.29) is 18.7 Å². The molecule has 0 spiro atoms. The molecule has 9 heteroatoms. The Kier molecular flexibility index (Phi) is 6.18. The molecule has 0 bridgehead atoms. The van der Waals surface area contributed by atoms with Crippen LogP contribution in [0.5, 0.6) is 0 Å². The van der Waals surface area contributed by atoms with Gasteiger partial charge in [-0.2, -0.15) is 13.2 Å². The summed E-state index contributed by atoms with van der Waals surface area (Å²) in [5.74, 6) is -0.883. The first-order valence-corrected chi connectivity index (χ1v) is 9.83. The zero-order valence-corrected chi connectivity index (χ0v) is 15.5. The second-order valence-corrected chi connectivity index (χ2v) is 8.02. The molecular weight excluding hydrogens is 363 g/mol. The van der Waals surface area contributed by atoms with Gasteiger partial charge in [-0.05, 0) is 57.5 Å². The van der Waals surface area contributed by atoms with Gasteiger partial charge >= 0.3 is 12.3 Å². The van der Waals surface area contributed by atoms with E-state index in [0.717, 1.165) is 19.4 Å². The lowest BCUT2D eigenvalue weighted by molar-refractivity contribution is -0.185. The van der Waals surface area contributed by atoms with Crippen LogP contribution in [0.15, 0.2) is 0 Å². The zero-order chi connectivity index (χ0) is 19.6. The first-order chi connectivity index (χ1) is 12.8. The highest BCUT2D eigenvalue weighted by atomic mass is 19.4. The van der Waals surface area contributed by atoms with Gasteiger partial charge in [-0.3, -0.25) is 9.69 Å². The van der Waals surface area contributed by atoms with E-state index in [9.17, 15) is 27.9 Å². The van der Waals surface area contributed by atoms with Crippen molar-refractivity contribution in [2.45, 2.75) is 50.7 Å². The maximum atomic E-state index is 12.8. The monoisotopic (exact) mass is 391 g/mol. The van der Waals surface area contributed by atoms with Crippen LogP contribution >= 0.6 is 0 Å². The Hall–Kier alpha value is -1.51. The molecule has 154 valence electrons. The minimum atomic E-state index is -4.08. The van der Waals surface area contributed by atoms with Crippen molar-refractivity contribution < 1.29 is 27.9 Å². The summed E-state index contributed by atoms with van der Waals surface area (Å²) in [6.45, 7) is 3.38. The summed E-state index contributed by atoms with van der Waals surface area (Å²) in [6, 6.07) is -0.555. The molecule has 0 aromatic carbocycles. The molecule has 1 unspecified atom stereocenters. The minimum absolute atomic E-state index is 0.0978. The van der Waals surface area contributed by atoms with Gasteiger partial charge in [0, 0.05) is 26.2 Å². The van der Waals surface area contributed by atoms with Crippen molar-refractivity contribution in [2.75, 3.05) is 39.3 Å². The number of carboxylic acid groups (broad SMARTS) is 1. The van der Waals surface area contributed by atoms with Crippen molar-refractivity contribution in [3.05, 3.63) is 0 Å². The van der Waals surface area contributed by atoms with Gasteiger partial charge in [0.05, 0.1) is 5.92 Å². The van der Waals surface area contributed by atoms with Crippen molar-refractivity contribution in [3.8, 4) is 0 Å². The summed E-state index contributed by atoms with van der Waals surface area (Å²) in [5, 5.41) is 9.20. The van der Waals surface area contributed by atoms with Crippen LogP contribution in [0, 0.1) is 11.8 Å². The number of nitrogens with zero attached hydrogens (tertiary/aromatic N) is 3. The highest BCUT2D eigenvalue weighted by Crippen LogP contribution is 2.34. The van der Waals surface area contributed by atoms with Crippen LogP contribution in [0.2, 0.25) is 0 Å². The second-order valence-electron chi connectivity index (χ2n) is 8.02.